The number of likely N-dealkylation sites (tertiary alicyclic amines) is 1. The second kappa shape index (κ2) is 8.87. The summed E-state index contributed by atoms with van der Waals surface area (Å²) in [7, 11) is 1.91. The van der Waals surface area contributed by atoms with E-state index in [0.717, 1.165) is 18.4 Å². The van der Waals surface area contributed by atoms with E-state index in [1.165, 1.54) is 5.56 Å². The monoisotopic (exact) mass is 385 g/mol. The molecule has 144 valence electrons. The summed E-state index contributed by atoms with van der Waals surface area (Å²) < 4.78 is 1.79. The maximum Gasteiger partial charge on any atom is 0.227 e. The van der Waals surface area contributed by atoms with E-state index in [2.05, 4.69) is 24.3 Å². The molecule has 0 spiro atoms. The van der Waals surface area contributed by atoms with Crippen molar-refractivity contribution in [2.45, 2.75) is 24.8 Å². The molecule has 27 heavy (non-hydrogen) atoms. The van der Waals surface area contributed by atoms with Crippen molar-refractivity contribution in [3.8, 4) is 0 Å². The van der Waals surface area contributed by atoms with Gasteiger partial charge in [-0.25, -0.2) is 4.42 Å². The number of piperidine rings is 1. The first kappa shape index (κ1) is 19.9. The van der Waals surface area contributed by atoms with Crippen molar-refractivity contribution in [3.63, 3.8) is 0 Å². The number of carbonyl (C=O) groups is 1. The van der Waals surface area contributed by atoms with Gasteiger partial charge in [0, 0.05) is 26.7 Å². The molecule has 3 rings (SSSR count). The third-order valence-corrected chi connectivity index (χ3v) is 6.09. The van der Waals surface area contributed by atoms with Gasteiger partial charge in [-0.1, -0.05) is 60.7 Å². The molecular formula is C22H28ClN3O. The molecule has 5 heteroatoms. The van der Waals surface area contributed by atoms with Crippen LogP contribution in [0, 0.1) is 5.92 Å². The molecule has 0 radical (unpaired) electrons. The lowest BCUT2D eigenvalue weighted by molar-refractivity contribution is -0.137. The summed E-state index contributed by atoms with van der Waals surface area (Å²) in [6, 6.07) is 20.4. The fraction of sp³-hybridized carbons (Fsp3) is 0.409. The zero-order valence-electron chi connectivity index (χ0n) is 15.9. The number of hydrogen-bond donors (Lipinski definition) is 1. The van der Waals surface area contributed by atoms with Crippen LogP contribution in [0.2, 0.25) is 0 Å². The Morgan fingerprint density at radius 3 is 2.19 bits per heavy atom. The Labute approximate surface area is 167 Å². The summed E-state index contributed by atoms with van der Waals surface area (Å²) in [5, 5.41) is 0. The van der Waals surface area contributed by atoms with Crippen LogP contribution in [0.25, 0.3) is 0 Å². The summed E-state index contributed by atoms with van der Waals surface area (Å²) in [4.78, 5) is 15.0. The second-order valence-electron chi connectivity index (χ2n) is 7.32. The van der Waals surface area contributed by atoms with Crippen LogP contribution >= 0.6 is 11.8 Å². The molecular weight excluding hydrogens is 358 g/mol. The van der Waals surface area contributed by atoms with Crippen LogP contribution in [0.5, 0.6) is 0 Å². The van der Waals surface area contributed by atoms with Crippen molar-refractivity contribution in [2.75, 3.05) is 26.7 Å². The minimum atomic E-state index is -0.239. The van der Waals surface area contributed by atoms with E-state index in [1.54, 1.807) is 4.42 Å². The molecule has 0 aromatic heterocycles. The molecule has 1 fully saturated rings. The predicted molar refractivity (Wildman–Crippen MR) is 110 cm³/mol. The topological polar surface area (TPSA) is 49.6 Å². The predicted octanol–water partition coefficient (Wildman–Crippen LogP) is 3.41. The molecule has 1 aliphatic rings. The Kier molecular flexibility index (Phi) is 6.53. The number of hydrogen-bond acceptors (Lipinski definition) is 3. The van der Waals surface area contributed by atoms with Crippen molar-refractivity contribution >= 4 is 17.7 Å². The third kappa shape index (κ3) is 4.34. The van der Waals surface area contributed by atoms with Gasteiger partial charge in [-0.3, -0.25) is 4.79 Å². The van der Waals surface area contributed by atoms with Gasteiger partial charge in [-0.2, -0.15) is 0 Å². The highest BCUT2D eigenvalue weighted by Crippen LogP contribution is 2.39. The average Bonchev–Trinajstić information content (AvgIpc) is 2.73. The fourth-order valence-electron chi connectivity index (χ4n) is 4.05. The van der Waals surface area contributed by atoms with Crippen LogP contribution in [-0.2, 0) is 16.8 Å². The van der Waals surface area contributed by atoms with Gasteiger partial charge in [0.1, 0.15) is 0 Å². The van der Waals surface area contributed by atoms with Gasteiger partial charge in [0.15, 0.2) is 0 Å². The Hall–Kier alpha value is -1.88. The molecule has 0 aliphatic carbocycles. The first-order valence-electron chi connectivity index (χ1n) is 9.55. The molecule has 1 aliphatic heterocycles. The van der Waals surface area contributed by atoms with Gasteiger partial charge in [0.05, 0.1) is 11.5 Å². The number of amides is 1. The zero-order valence-corrected chi connectivity index (χ0v) is 16.6. The Morgan fingerprint density at radius 1 is 1.11 bits per heavy atom. The molecule has 1 amide bonds. The van der Waals surface area contributed by atoms with E-state index in [0.29, 0.717) is 26.1 Å². The quantitative estimate of drug-likeness (QED) is 0.775. The van der Waals surface area contributed by atoms with E-state index in [9.17, 15) is 4.79 Å². The van der Waals surface area contributed by atoms with Crippen LogP contribution in [0.4, 0.5) is 0 Å². The molecule has 1 heterocycles. The van der Waals surface area contributed by atoms with Gasteiger partial charge in [-0.15, -0.1) is 0 Å². The van der Waals surface area contributed by atoms with E-state index < -0.39 is 0 Å². The number of nitrogens with zero attached hydrogens (tertiary/aromatic N) is 2. The summed E-state index contributed by atoms with van der Waals surface area (Å²) in [6.45, 7) is 1.75. The highest BCUT2D eigenvalue weighted by Gasteiger charge is 2.41. The molecule has 0 saturated carbocycles. The molecule has 4 nitrogen and oxygen atoms in total. The number of rotatable bonds is 6. The first-order valence-corrected chi connectivity index (χ1v) is 9.88. The first-order chi connectivity index (χ1) is 13.1. The molecule has 0 bridgehead atoms. The summed E-state index contributed by atoms with van der Waals surface area (Å²) in [5.74, 6) is -0.0226. The van der Waals surface area contributed by atoms with Gasteiger partial charge in [0.2, 0.25) is 5.91 Å². The van der Waals surface area contributed by atoms with E-state index in [1.807, 2.05) is 48.3 Å². The van der Waals surface area contributed by atoms with Crippen LogP contribution < -0.4 is 5.73 Å². The SMILES string of the molecule is CN(Cl)C1(c2ccccc2)CCN(C(=O)C(CN)Cc2ccccc2)CC1. The van der Waals surface area contributed by atoms with Crippen LogP contribution in [-0.4, -0.2) is 41.9 Å². The molecule has 2 N–H and O–H groups in total. The van der Waals surface area contributed by atoms with Crippen molar-refractivity contribution in [1.82, 2.24) is 9.32 Å². The smallest absolute Gasteiger partial charge is 0.227 e. The number of halogens is 1. The normalized spacial score (nSPS) is 17.7. The zero-order chi connectivity index (χ0) is 19.3. The highest BCUT2D eigenvalue weighted by atomic mass is 35.5. The van der Waals surface area contributed by atoms with Crippen LogP contribution in [0.3, 0.4) is 0 Å². The maximum absolute atomic E-state index is 13.1. The Balaban J connectivity index is 1.69. The molecule has 1 atom stereocenters. The van der Waals surface area contributed by atoms with E-state index in [4.69, 9.17) is 17.5 Å². The second-order valence-corrected chi connectivity index (χ2v) is 7.83. The molecule has 1 saturated heterocycles. The largest absolute Gasteiger partial charge is 0.342 e. The van der Waals surface area contributed by atoms with Gasteiger partial charge in [-0.05, 0) is 42.2 Å². The average molecular weight is 386 g/mol. The van der Waals surface area contributed by atoms with Crippen LogP contribution in [0.1, 0.15) is 24.0 Å². The van der Waals surface area contributed by atoms with E-state index in [-0.39, 0.29) is 17.4 Å². The number of nitrogens with two attached hydrogens (primary N) is 1. The number of benzene rings is 2. The lowest BCUT2D eigenvalue weighted by Crippen LogP contribution is -2.52. The standard InChI is InChI=1S/C22H28ClN3O/c1-25(23)22(20-10-6-3-7-11-20)12-14-26(15-13-22)21(27)19(17-24)16-18-8-4-2-5-9-18/h2-11,19H,12-17,24H2,1H3. The maximum atomic E-state index is 13.1. The summed E-state index contributed by atoms with van der Waals surface area (Å²) in [5.41, 5.74) is 8.06. The van der Waals surface area contributed by atoms with Crippen molar-refractivity contribution < 1.29 is 4.79 Å². The number of carbonyl (C=O) groups excluding carboxylic acids is 1. The Morgan fingerprint density at radius 2 is 1.67 bits per heavy atom. The molecule has 2 aromatic carbocycles. The van der Waals surface area contributed by atoms with Gasteiger partial charge < -0.3 is 10.6 Å². The summed E-state index contributed by atoms with van der Waals surface area (Å²) in [6.07, 6.45) is 2.31. The lowest BCUT2D eigenvalue weighted by atomic mass is 9.80. The van der Waals surface area contributed by atoms with Crippen molar-refractivity contribution in [1.29, 1.82) is 0 Å². The summed E-state index contributed by atoms with van der Waals surface area (Å²) >= 11 is 6.48. The Bertz CT molecular complexity index is 728. The minimum Gasteiger partial charge on any atom is -0.342 e. The van der Waals surface area contributed by atoms with Gasteiger partial charge in [0.25, 0.3) is 0 Å². The molecule has 2 aromatic rings. The van der Waals surface area contributed by atoms with Gasteiger partial charge >= 0.3 is 0 Å². The minimum absolute atomic E-state index is 0.153. The molecule has 1 unspecified atom stereocenters. The van der Waals surface area contributed by atoms with E-state index >= 15 is 0 Å². The van der Waals surface area contributed by atoms with Crippen molar-refractivity contribution in [2.24, 2.45) is 11.7 Å². The fourth-order valence-corrected chi connectivity index (χ4v) is 4.31. The lowest BCUT2D eigenvalue weighted by Gasteiger charge is -2.45. The third-order valence-electron chi connectivity index (χ3n) is 5.76. The van der Waals surface area contributed by atoms with Crippen molar-refractivity contribution in [3.05, 3.63) is 71.8 Å². The van der Waals surface area contributed by atoms with Crippen LogP contribution in [0.15, 0.2) is 60.7 Å². The highest BCUT2D eigenvalue weighted by molar-refractivity contribution is 6.13.